The fraction of sp³-hybridized carbons (Fsp3) is 0.750. The summed E-state index contributed by atoms with van der Waals surface area (Å²) in [5.74, 6) is -0.547. The number of nitrogens with one attached hydrogen (secondary N) is 2. The van der Waals surface area contributed by atoms with Crippen LogP contribution in [0.4, 0.5) is 0 Å². The first-order valence-corrected chi connectivity index (χ1v) is 4.54. The van der Waals surface area contributed by atoms with E-state index in [9.17, 15) is 9.59 Å². The molecule has 2 atom stereocenters. The second kappa shape index (κ2) is 6.33. The maximum absolute atomic E-state index is 11.4. The van der Waals surface area contributed by atoms with Crippen molar-refractivity contribution in [3.63, 3.8) is 0 Å². The molecule has 0 aliphatic carbocycles. The molecule has 0 radical (unpaired) electrons. The van der Waals surface area contributed by atoms with Crippen molar-refractivity contribution in [2.24, 2.45) is 11.5 Å². The van der Waals surface area contributed by atoms with Crippen LogP contribution in [0.5, 0.6) is 0 Å². The van der Waals surface area contributed by atoms with Crippen molar-refractivity contribution in [1.82, 2.24) is 10.6 Å². The number of amides is 2. The van der Waals surface area contributed by atoms with Crippen molar-refractivity contribution in [3.8, 4) is 0 Å². The Morgan fingerprint density at radius 3 is 2.29 bits per heavy atom. The molecule has 6 nitrogen and oxygen atoms in total. The first-order valence-electron chi connectivity index (χ1n) is 4.54. The molecular weight excluding hydrogens is 184 g/mol. The highest BCUT2D eigenvalue weighted by Gasteiger charge is 2.18. The summed E-state index contributed by atoms with van der Waals surface area (Å²) in [6.45, 7) is 3.33. The number of carbonyl (C=O) groups excluding carboxylic acids is 2. The van der Waals surface area contributed by atoms with Gasteiger partial charge in [-0.25, -0.2) is 0 Å². The zero-order valence-corrected chi connectivity index (χ0v) is 8.54. The van der Waals surface area contributed by atoms with Gasteiger partial charge in [0, 0.05) is 13.5 Å². The SMILES string of the molecule is CC[C@H](NC(C)=O)C(=O)N[C@H](N)CN. The van der Waals surface area contributed by atoms with Gasteiger partial charge in [-0.05, 0) is 6.42 Å². The van der Waals surface area contributed by atoms with Gasteiger partial charge >= 0.3 is 0 Å². The monoisotopic (exact) mass is 202 g/mol. The minimum Gasteiger partial charge on any atom is -0.345 e. The van der Waals surface area contributed by atoms with Crippen molar-refractivity contribution < 1.29 is 9.59 Å². The van der Waals surface area contributed by atoms with Gasteiger partial charge in [0.05, 0.1) is 6.17 Å². The van der Waals surface area contributed by atoms with Crippen molar-refractivity contribution in [2.45, 2.75) is 32.5 Å². The number of rotatable bonds is 5. The Balaban J connectivity index is 4.10. The molecule has 0 unspecified atom stereocenters. The lowest BCUT2D eigenvalue weighted by Gasteiger charge is -2.18. The Bertz CT molecular complexity index is 208. The average molecular weight is 202 g/mol. The van der Waals surface area contributed by atoms with Crippen LogP contribution in [0.3, 0.4) is 0 Å². The van der Waals surface area contributed by atoms with Gasteiger partial charge in [-0.15, -0.1) is 0 Å². The predicted octanol–water partition coefficient (Wildman–Crippen LogP) is -1.74. The lowest BCUT2D eigenvalue weighted by atomic mass is 10.2. The zero-order chi connectivity index (χ0) is 11.1. The van der Waals surface area contributed by atoms with Crippen molar-refractivity contribution >= 4 is 11.8 Å². The van der Waals surface area contributed by atoms with Gasteiger partial charge in [0.2, 0.25) is 11.8 Å². The van der Waals surface area contributed by atoms with Gasteiger partial charge in [0.25, 0.3) is 0 Å². The smallest absolute Gasteiger partial charge is 0.243 e. The number of hydrogen-bond donors (Lipinski definition) is 4. The fourth-order valence-corrected chi connectivity index (χ4v) is 0.941. The maximum Gasteiger partial charge on any atom is 0.243 e. The van der Waals surface area contributed by atoms with Gasteiger partial charge in [0.15, 0.2) is 0 Å². The zero-order valence-electron chi connectivity index (χ0n) is 8.54. The third-order valence-corrected chi connectivity index (χ3v) is 1.68. The Labute approximate surface area is 83.4 Å². The van der Waals surface area contributed by atoms with Gasteiger partial charge < -0.3 is 22.1 Å². The Kier molecular flexibility index (Phi) is 5.82. The summed E-state index contributed by atoms with van der Waals surface area (Å²) >= 11 is 0. The van der Waals surface area contributed by atoms with Crippen molar-refractivity contribution in [1.29, 1.82) is 0 Å². The molecule has 14 heavy (non-hydrogen) atoms. The maximum atomic E-state index is 11.4. The highest BCUT2D eigenvalue weighted by atomic mass is 16.2. The molecule has 0 aliphatic rings. The Morgan fingerprint density at radius 1 is 1.36 bits per heavy atom. The van der Waals surface area contributed by atoms with E-state index in [1.165, 1.54) is 6.92 Å². The number of nitrogens with two attached hydrogens (primary N) is 2. The molecule has 0 aromatic carbocycles. The molecule has 0 aromatic heterocycles. The average Bonchev–Trinajstić information content (AvgIpc) is 2.13. The van der Waals surface area contributed by atoms with E-state index in [0.717, 1.165) is 0 Å². The minimum absolute atomic E-state index is 0.169. The molecule has 2 amide bonds. The van der Waals surface area contributed by atoms with Crippen LogP contribution in [0.1, 0.15) is 20.3 Å². The minimum atomic E-state index is -0.565. The number of hydrogen-bond acceptors (Lipinski definition) is 4. The van der Waals surface area contributed by atoms with Gasteiger partial charge in [-0.2, -0.15) is 0 Å². The first kappa shape index (κ1) is 12.9. The van der Waals surface area contributed by atoms with Crippen LogP contribution < -0.4 is 22.1 Å². The van der Waals surface area contributed by atoms with E-state index in [1.807, 2.05) is 0 Å². The van der Waals surface area contributed by atoms with Crippen LogP contribution in [0.15, 0.2) is 0 Å². The van der Waals surface area contributed by atoms with Gasteiger partial charge in [0.1, 0.15) is 6.04 Å². The molecule has 82 valence electrons. The number of carbonyl (C=O) groups is 2. The summed E-state index contributed by atoms with van der Waals surface area (Å²) in [4.78, 5) is 22.1. The highest BCUT2D eigenvalue weighted by Crippen LogP contribution is 1.91. The molecule has 0 aromatic rings. The van der Waals surface area contributed by atoms with Crippen molar-refractivity contribution in [2.75, 3.05) is 6.54 Å². The largest absolute Gasteiger partial charge is 0.345 e. The van der Waals surface area contributed by atoms with Crippen LogP contribution in [0.25, 0.3) is 0 Å². The fourth-order valence-electron chi connectivity index (χ4n) is 0.941. The quantitative estimate of drug-likeness (QED) is 0.397. The molecule has 0 spiro atoms. The summed E-state index contributed by atoms with van der Waals surface area (Å²) in [6, 6.07) is -0.537. The second-order valence-corrected chi connectivity index (χ2v) is 3.01. The van der Waals surface area contributed by atoms with Crippen LogP contribution in [-0.4, -0.2) is 30.6 Å². The van der Waals surface area contributed by atoms with Crippen LogP contribution in [0, 0.1) is 0 Å². The van der Waals surface area contributed by atoms with Crippen LogP contribution in [-0.2, 0) is 9.59 Å². The second-order valence-electron chi connectivity index (χ2n) is 3.01. The molecule has 0 saturated heterocycles. The summed E-state index contributed by atoms with van der Waals surface area (Å²) in [5.41, 5.74) is 10.7. The molecule has 6 N–H and O–H groups in total. The molecule has 0 heterocycles. The molecule has 0 rings (SSSR count). The summed E-state index contributed by atoms with van der Waals surface area (Å²) < 4.78 is 0. The summed E-state index contributed by atoms with van der Waals surface area (Å²) in [6.07, 6.45) is -0.0480. The van der Waals surface area contributed by atoms with E-state index in [-0.39, 0.29) is 18.4 Å². The summed E-state index contributed by atoms with van der Waals surface area (Å²) in [7, 11) is 0. The molecule has 0 saturated carbocycles. The van der Waals surface area contributed by atoms with E-state index < -0.39 is 12.2 Å². The lowest BCUT2D eigenvalue weighted by Crippen LogP contribution is -2.53. The topological polar surface area (TPSA) is 110 Å². The third-order valence-electron chi connectivity index (χ3n) is 1.68. The molecule has 0 bridgehead atoms. The summed E-state index contributed by atoms with van der Waals surface area (Å²) in [5, 5.41) is 5.00. The lowest BCUT2D eigenvalue weighted by molar-refractivity contribution is -0.128. The standard InChI is InChI=1S/C8H18N4O2/c1-3-6(11-5(2)13)8(14)12-7(10)4-9/h6-7H,3-4,9-10H2,1-2H3,(H,11,13)(H,12,14)/t6-,7-/m0/s1. The van der Waals surface area contributed by atoms with Gasteiger partial charge in [-0.3, -0.25) is 9.59 Å². The van der Waals surface area contributed by atoms with Crippen LogP contribution >= 0.6 is 0 Å². The molecule has 0 aliphatic heterocycles. The molecular formula is C8H18N4O2. The van der Waals surface area contributed by atoms with Gasteiger partial charge in [-0.1, -0.05) is 6.92 Å². The van der Waals surface area contributed by atoms with E-state index in [0.29, 0.717) is 6.42 Å². The van der Waals surface area contributed by atoms with E-state index in [1.54, 1.807) is 6.92 Å². The Hall–Kier alpha value is -1.14. The van der Waals surface area contributed by atoms with Crippen LogP contribution in [0.2, 0.25) is 0 Å². The Morgan fingerprint density at radius 2 is 1.93 bits per heavy atom. The van der Waals surface area contributed by atoms with Crippen molar-refractivity contribution in [3.05, 3.63) is 0 Å². The van der Waals surface area contributed by atoms with E-state index in [4.69, 9.17) is 11.5 Å². The van der Waals surface area contributed by atoms with E-state index >= 15 is 0 Å². The normalized spacial score (nSPS) is 14.3. The molecule has 0 fully saturated rings. The third kappa shape index (κ3) is 4.78. The molecule has 6 heteroatoms. The predicted molar refractivity (Wildman–Crippen MR) is 53.1 cm³/mol. The van der Waals surface area contributed by atoms with E-state index in [2.05, 4.69) is 10.6 Å². The highest BCUT2D eigenvalue weighted by molar-refractivity contribution is 5.86. The first-order chi connectivity index (χ1) is 6.51.